The predicted molar refractivity (Wildman–Crippen MR) is 102 cm³/mol. The van der Waals surface area contributed by atoms with E-state index in [2.05, 4.69) is 17.1 Å². The third-order valence-corrected chi connectivity index (χ3v) is 5.70. The normalized spacial score (nSPS) is 17.3. The van der Waals surface area contributed by atoms with E-state index in [-0.39, 0.29) is 5.91 Å². The van der Waals surface area contributed by atoms with Crippen LogP contribution in [0.4, 0.5) is 0 Å². The standard InChI is InChI=1S/C18H23ClN4O2S/c1-13-4-3-9-23(10-13)17(24)12-26-18-21-20-16(22(18)2)11-25-15-7-5-14(19)6-8-15/h5-8,13H,3-4,9-12H2,1-2H3/t13-/m0/s1. The number of ether oxygens (including phenoxy) is 1. The van der Waals surface area contributed by atoms with Gasteiger partial charge in [-0.05, 0) is 43.0 Å². The van der Waals surface area contributed by atoms with Crippen LogP contribution in [0.15, 0.2) is 29.4 Å². The van der Waals surface area contributed by atoms with Crippen LogP contribution < -0.4 is 4.74 Å². The van der Waals surface area contributed by atoms with Gasteiger partial charge in [-0.15, -0.1) is 10.2 Å². The Hall–Kier alpha value is -1.73. The van der Waals surface area contributed by atoms with Crippen LogP contribution in [0.1, 0.15) is 25.6 Å². The van der Waals surface area contributed by atoms with Gasteiger partial charge in [0, 0.05) is 25.2 Å². The second kappa shape index (κ2) is 8.77. The molecule has 8 heteroatoms. The van der Waals surface area contributed by atoms with E-state index in [1.807, 2.05) is 28.6 Å². The third kappa shape index (κ3) is 4.92. The Balaban J connectivity index is 1.51. The number of nitrogens with zero attached hydrogens (tertiary/aromatic N) is 4. The van der Waals surface area contributed by atoms with Gasteiger partial charge in [-0.3, -0.25) is 4.79 Å². The van der Waals surface area contributed by atoms with Crippen molar-refractivity contribution in [3.05, 3.63) is 35.1 Å². The number of halogens is 1. The molecule has 0 saturated carbocycles. The SMILES string of the molecule is C[C@H]1CCCN(C(=O)CSc2nnc(COc3ccc(Cl)cc3)n2C)C1. The summed E-state index contributed by atoms with van der Waals surface area (Å²) < 4.78 is 7.58. The van der Waals surface area contributed by atoms with Gasteiger partial charge >= 0.3 is 0 Å². The summed E-state index contributed by atoms with van der Waals surface area (Å²) in [5.41, 5.74) is 0. The lowest BCUT2D eigenvalue weighted by molar-refractivity contribution is -0.130. The molecule has 0 unspecified atom stereocenters. The summed E-state index contributed by atoms with van der Waals surface area (Å²) in [6.45, 7) is 4.23. The van der Waals surface area contributed by atoms with Gasteiger partial charge in [-0.2, -0.15) is 0 Å². The summed E-state index contributed by atoms with van der Waals surface area (Å²) >= 11 is 7.29. The largest absolute Gasteiger partial charge is 0.486 e. The second-order valence-corrected chi connectivity index (χ2v) is 7.96. The Morgan fingerprint density at radius 3 is 2.85 bits per heavy atom. The molecule has 2 heterocycles. The van der Waals surface area contributed by atoms with E-state index in [0.29, 0.717) is 29.1 Å². The number of piperidine rings is 1. The van der Waals surface area contributed by atoms with E-state index in [0.717, 1.165) is 30.4 Å². The minimum absolute atomic E-state index is 0.170. The number of likely N-dealkylation sites (tertiary alicyclic amines) is 1. The molecule has 1 saturated heterocycles. The number of carbonyl (C=O) groups excluding carboxylic acids is 1. The third-order valence-electron chi connectivity index (χ3n) is 4.44. The molecule has 140 valence electrons. The number of carbonyl (C=O) groups is 1. The van der Waals surface area contributed by atoms with Crippen LogP contribution in [0.3, 0.4) is 0 Å². The summed E-state index contributed by atoms with van der Waals surface area (Å²) in [4.78, 5) is 14.3. The van der Waals surface area contributed by atoms with E-state index in [4.69, 9.17) is 16.3 Å². The van der Waals surface area contributed by atoms with Crippen LogP contribution >= 0.6 is 23.4 Å². The highest BCUT2D eigenvalue weighted by Crippen LogP contribution is 2.21. The molecule has 1 aromatic carbocycles. The molecule has 0 aliphatic carbocycles. The molecule has 0 spiro atoms. The second-order valence-electron chi connectivity index (χ2n) is 6.58. The average Bonchev–Trinajstić information content (AvgIpc) is 2.99. The first-order valence-corrected chi connectivity index (χ1v) is 10.1. The average molecular weight is 395 g/mol. The maximum absolute atomic E-state index is 12.4. The summed E-state index contributed by atoms with van der Waals surface area (Å²) in [5.74, 6) is 2.58. The molecule has 1 aliphatic rings. The summed E-state index contributed by atoms with van der Waals surface area (Å²) in [7, 11) is 1.89. The molecular weight excluding hydrogens is 372 g/mol. The number of benzene rings is 1. The van der Waals surface area contributed by atoms with E-state index < -0.39 is 0 Å². The van der Waals surface area contributed by atoms with Crippen molar-refractivity contribution < 1.29 is 9.53 Å². The molecule has 1 aromatic heterocycles. The molecule has 1 amide bonds. The van der Waals surface area contributed by atoms with E-state index in [1.54, 1.807) is 12.1 Å². The van der Waals surface area contributed by atoms with Crippen LogP contribution in [0.25, 0.3) is 0 Å². The first kappa shape index (κ1) is 19.0. The number of rotatable bonds is 6. The van der Waals surface area contributed by atoms with E-state index >= 15 is 0 Å². The Morgan fingerprint density at radius 1 is 1.35 bits per heavy atom. The zero-order valence-corrected chi connectivity index (χ0v) is 16.6. The minimum atomic E-state index is 0.170. The number of amides is 1. The molecule has 0 radical (unpaired) electrons. The van der Waals surface area contributed by atoms with Crippen molar-refractivity contribution >= 4 is 29.3 Å². The Bertz CT molecular complexity index is 750. The fraction of sp³-hybridized carbons (Fsp3) is 0.500. The molecule has 26 heavy (non-hydrogen) atoms. The summed E-state index contributed by atoms with van der Waals surface area (Å²) in [6, 6.07) is 7.18. The van der Waals surface area contributed by atoms with Crippen molar-refractivity contribution in [2.45, 2.75) is 31.5 Å². The summed E-state index contributed by atoms with van der Waals surface area (Å²) in [6.07, 6.45) is 2.30. The topological polar surface area (TPSA) is 60.3 Å². The van der Waals surface area contributed by atoms with Gasteiger partial charge < -0.3 is 14.2 Å². The van der Waals surface area contributed by atoms with Crippen molar-refractivity contribution in [2.75, 3.05) is 18.8 Å². The predicted octanol–water partition coefficient (Wildman–Crippen LogP) is 3.40. The molecule has 0 bridgehead atoms. The van der Waals surface area contributed by atoms with Crippen LogP contribution in [0.5, 0.6) is 5.75 Å². The molecule has 1 atom stereocenters. The van der Waals surface area contributed by atoms with Gasteiger partial charge in [0.1, 0.15) is 12.4 Å². The highest BCUT2D eigenvalue weighted by Gasteiger charge is 2.21. The van der Waals surface area contributed by atoms with Gasteiger partial charge in [-0.25, -0.2) is 0 Å². The molecular formula is C18H23ClN4O2S. The Morgan fingerprint density at radius 2 is 2.12 bits per heavy atom. The zero-order chi connectivity index (χ0) is 18.5. The first-order valence-electron chi connectivity index (χ1n) is 8.70. The first-order chi connectivity index (χ1) is 12.5. The highest BCUT2D eigenvalue weighted by molar-refractivity contribution is 7.99. The molecule has 6 nitrogen and oxygen atoms in total. The lowest BCUT2D eigenvalue weighted by atomic mass is 10.0. The molecule has 3 rings (SSSR count). The van der Waals surface area contributed by atoms with Crippen LogP contribution in [-0.4, -0.2) is 44.4 Å². The number of hydrogen-bond acceptors (Lipinski definition) is 5. The lowest BCUT2D eigenvalue weighted by Gasteiger charge is -2.30. The van der Waals surface area contributed by atoms with Crippen molar-refractivity contribution in [2.24, 2.45) is 13.0 Å². The summed E-state index contributed by atoms with van der Waals surface area (Å²) in [5, 5.41) is 9.73. The molecule has 0 N–H and O–H groups in total. The number of thioether (sulfide) groups is 1. The van der Waals surface area contributed by atoms with Gasteiger partial charge in [0.15, 0.2) is 11.0 Å². The highest BCUT2D eigenvalue weighted by atomic mass is 35.5. The monoisotopic (exact) mass is 394 g/mol. The van der Waals surface area contributed by atoms with Gasteiger partial charge in [0.2, 0.25) is 5.91 Å². The van der Waals surface area contributed by atoms with Gasteiger partial charge in [-0.1, -0.05) is 30.3 Å². The number of aromatic nitrogens is 3. The van der Waals surface area contributed by atoms with Crippen molar-refractivity contribution in [3.8, 4) is 5.75 Å². The molecule has 1 aliphatic heterocycles. The maximum Gasteiger partial charge on any atom is 0.233 e. The zero-order valence-electron chi connectivity index (χ0n) is 15.0. The van der Waals surface area contributed by atoms with Crippen molar-refractivity contribution in [3.63, 3.8) is 0 Å². The van der Waals surface area contributed by atoms with Gasteiger partial charge in [0.25, 0.3) is 0 Å². The minimum Gasteiger partial charge on any atom is -0.486 e. The molecule has 2 aromatic rings. The van der Waals surface area contributed by atoms with Crippen LogP contribution in [0.2, 0.25) is 5.02 Å². The fourth-order valence-corrected chi connectivity index (χ4v) is 3.87. The van der Waals surface area contributed by atoms with Crippen LogP contribution in [0, 0.1) is 5.92 Å². The molecule has 1 fully saturated rings. The van der Waals surface area contributed by atoms with Crippen LogP contribution in [-0.2, 0) is 18.4 Å². The van der Waals surface area contributed by atoms with E-state index in [9.17, 15) is 4.79 Å². The Labute approximate surface area is 162 Å². The fourth-order valence-electron chi connectivity index (χ4n) is 2.91. The lowest BCUT2D eigenvalue weighted by Crippen LogP contribution is -2.40. The number of hydrogen-bond donors (Lipinski definition) is 0. The smallest absolute Gasteiger partial charge is 0.233 e. The quantitative estimate of drug-likeness (QED) is 0.703. The van der Waals surface area contributed by atoms with Gasteiger partial charge in [0.05, 0.1) is 5.75 Å². The van der Waals surface area contributed by atoms with Crippen molar-refractivity contribution in [1.82, 2.24) is 19.7 Å². The van der Waals surface area contributed by atoms with Crippen molar-refractivity contribution in [1.29, 1.82) is 0 Å². The Kier molecular flexibility index (Phi) is 6.43. The van der Waals surface area contributed by atoms with E-state index in [1.165, 1.54) is 18.2 Å². The maximum atomic E-state index is 12.4.